The zero-order chi connectivity index (χ0) is 22.4. The average Bonchev–Trinajstić information content (AvgIpc) is 3.42. The second-order valence-corrected chi connectivity index (χ2v) is 9.45. The minimum Gasteiger partial charge on any atom is -0.444 e. The van der Waals surface area contributed by atoms with Crippen molar-refractivity contribution >= 4 is 12.0 Å². The molecule has 2 heterocycles. The second kappa shape index (κ2) is 10.3. The number of amides is 2. The molecule has 6 nitrogen and oxygen atoms in total. The molecule has 6 heteroatoms. The third kappa shape index (κ3) is 6.10. The van der Waals surface area contributed by atoms with Crippen molar-refractivity contribution in [2.45, 2.75) is 70.8 Å². The van der Waals surface area contributed by atoms with Gasteiger partial charge in [0.25, 0.3) is 5.91 Å². The van der Waals surface area contributed by atoms with Gasteiger partial charge in [0.05, 0.1) is 6.61 Å². The van der Waals surface area contributed by atoms with Gasteiger partial charge in [-0.2, -0.15) is 0 Å². The summed E-state index contributed by atoms with van der Waals surface area (Å²) in [5.41, 5.74) is 0.447. The van der Waals surface area contributed by atoms with Gasteiger partial charge in [0.1, 0.15) is 11.7 Å². The number of hydrogen-bond acceptors (Lipinski definition) is 4. The molecule has 3 atom stereocenters. The van der Waals surface area contributed by atoms with E-state index in [9.17, 15) is 9.59 Å². The summed E-state index contributed by atoms with van der Waals surface area (Å²) in [5, 5.41) is 0. The zero-order valence-electron chi connectivity index (χ0n) is 19.1. The molecule has 0 N–H and O–H groups in total. The van der Waals surface area contributed by atoms with Crippen LogP contribution in [0.4, 0.5) is 4.79 Å². The summed E-state index contributed by atoms with van der Waals surface area (Å²) in [6.07, 6.45) is 4.48. The Morgan fingerprint density at radius 3 is 2.42 bits per heavy atom. The van der Waals surface area contributed by atoms with Crippen LogP contribution in [0.15, 0.2) is 43.0 Å². The van der Waals surface area contributed by atoms with Gasteiger partial charge in [-0.3, -0.25) is 4.79 Å². The van der Waals surface area contributed by atoms with Crippen molar-refractivity contribution in [1.82, 2.24) is 9.80 Å². The lowest BCUT2D eigenvalue weighted by molar-refractivity contribution is -0.147. The molecular formula is C25H36N2O4. The highest BCUT2D eigenvalue weighted by Gasteiger charge is 2.43. The van der Waals surface area contributed by atoms with Gasteiger partial charge in [0.2, 0.25) is 0 Å². The van der Waals surface area contributed by atoms with Crippen LogP contribution < -0.4 is 0 Å². The first-order valence-electron chi connectivity index (χ1n) is 11.4. The highest BCUT2D eigenvalue weighted by atomic mass is 16.6. The number of benzene rings is 1. The van der Waals surface area contributed by atoms with Crippen LogP contribution in [-0.4, -0.2) is 59.2 Å². The van der Waals surface area contributed by atoms with E-state index in [0.29, 0.717) is 13.2 Å². The van der Waals surface area contributed by atoms with Crippen molar-refractivity contribution < 1.29 is 19.1 Å². The smallest absolute Gasteiger partial charge is 0.410 e. The number of likely N-dealkylation sites (tertiary alicyclic amines) is 2. The number of carbonyl (C=O) groups is 2. The summed E-state index contributed by atoms with van der Waals surface area (Å²) >= 11 is 0. The molecule has 1 aromatic rings. The molecule has 0 bridgehead atoms. The van der Waals surface area contributed by atoms with Crippen LogP contribution in [0.2, 0.25) is 0 Å². The fraction of sp³-hybridized carbons (Fsp3) is 0.600. The van der Waals surface area contributed by atoms with Crippen LogP contribution in [0, 0.1) is 5.92 Å². The van der Waals surface area contributed by atoms with Crippen LogP contribution in [0.3, 0.4) is 0 Å². The molecule has 0 unspecified atom stereocenters. The highest BCUT2D eigenvalue weighted by Crippen LogP contribution is 2.31. The van der Waals surface area contributed by atoms with Gasteiger partial charge in [0, 0.05) is 31.6 Å². The maximum Gasteiger partial charge on any atom is 0.410 e. The first kappa shape index (κ1) is 23.3. The van der Waals surface area contributed by atoms with E-state index in [0.717, 1.165) is 44.3 Å². The third-order valence-corrected chi connectivity index (χ3v) is 5.93. The molecule has 2 aliphatic heterocycles. The van der Waals surface area contributed by atoms with Crippen molar-refractivity contribution in [1.29, 1.82) is 0 Å². The minimum atomic E-state index is -0.677. The summed E-state index contributed by atoms with van der Waals surface area (Å²) < 4.78 is 11.9. The lowest BCUT2D eigenvalue weighted by Gasteiger charge is -2.36. The predicted molar refractivity (Wildman–Crippen MR) is 120 cm³/mol. The lowest BCUT2D eigenvalue weighted by atomic mass is 9.90. The SMILES string of the molecule is C=C[C@@H]([C@H]1CCCN1C(=O)OC(C)(C)C)[C@@H](OCc1ccccc1)C(=O)N1CCCC1. The van der Waals surface area contributed by atoms with Crippen molar-refractivity contribution in [3.05, 3.63) is 48.6 Å². The van der Waals surface area contributed by atoms with Crippen molar-refractivity contribution in [3.8, 4) is 0 Å². The van der Waals surface area contributed by atoms with Gasteiger partial charge in [0.15, 0.2) is 0 Å². The van der Waals surface area contributed by atoms with Crippen molar-refractivity contribution in [2.24, 2.45) is 5.92 Å². The van der Waals surface area contributed by atoms with Crippen molar-refractivity contribution in [3.63, 3.8) is 0 Å². The molecule has 2 fully saturated rings. The third-order valence-electron chi connectivity index (χ3n) is 5.93. The summed E-state index contributed by atoms with van der Waals surface area (Å²) in [5.74, 6) is -0.304. The Bertz CT molecular complexity index is 753. The Morgan fingerprint density at radius 2 is 1.81 bits per heavy atom. The molecule has 170 valence electrons. The molecule has 0 radical (unpaired) electrons. The van der Waals surface area contributed by atoms with E-state index < -0.39 is 11.7 Å². The Morgan fingerprint density at radius 1 is 1.13 bits per heavy atom. The molecule has 3 rings (SSSR count). The van der Waals surface area contributed by atoms with Gasteiger partial charge in [-0.15, -0.1) is 6.58 Å². The normalized spacial score (nSPS) is 21.1. The molecule has 0 aromatic heterocycles. The van der Waals surface area contributed by atoms with Crippen LogP contribution in [0.5, 0.6) is 0 Å². The van der Waals surface area contributed by atoms with E-state index >= 15 is 0 Å². The van der Waals surface area contributed by atoms with E-state index in [4.69, 9.17) is 9.47 Å². The van der Waals surface area contributed by atoms with E-state index in [1.54, 1.807) is 11.0 Å². The molecule has 0 spiro atoms. The molecule has 2 amide bonds. The molecular weight excluding hydrogens is 392 g/mol. The van der Waals surface area contributed by atoms with Crippen LogP contribution >= 0.6 is 0 Å². The number of carbonyl (C=O) groups excluding carboxylic acids is 2. The Balaban J connectivity index is 1.81. The number of hydrogen-bond donors (Lipinski definition) is 0. The lowest BCUT2D eigenvalue weighted by Crippen LogP contribution is -2.50. The van der Waals surface area contributed by atoms with Crippen LogP contribution in [0.25, 0.3) is 0 Å². The molecule has 2 aliphatic rings. The number of nitrogens with zero attached hydrogens (tertiary/aromatic N) is 2. The van der Waals surface area contributed by atoms with Crippen LogP contribution in [-0.2, 0) is 20.9 Å². The quantitative estimate of drug-likeness (QED) is 0.604. The van der Waals surface area contributed by atoms with Gasteiger partial charge in [-0.05, 0) is 52.0 Å². The van der Waals surface area contributed by atoms with Crippen LogP contribution in [0.1, 0.15) is 52.0 Å². The maximum atomic E-state index is 13.4. The standard InChI is InChI=1S/C25H36N2O4/c1-5-20(21-14-11-17-27(21)24(29)31-25(2,3)4)22(23(28)26-15-9-10-16-26)30-18-19-12-7-6-8-13-19/h5-8,12-13,20-22H,1,9-11,14-18H2,2-4H3/t20-,21+,22+/m0/s1. The van der Waals surface area contributed by atoms with E-state index in [1.807, 2.05) is 56.0 Å². The van der Waals surface area contributed by atoms with Gasteiger partial charge < -0.3 is 19.3 Å². The average molecular weight is 429 g/mol. The van der Waals surface area contributed by atoms with Crippen molar-refractivity contribution in [2.75, 3.05) is 19.6 Å². The van der Waals surface area contributed by atoms with E-state index in [-0.39, 0.29) is 24.0 Å². The Labute approximate surface area is 186 Å². The largest absolute Gasteiger partial charge is 0.444 e. The molecule has 31 heavy (non-hydrogen) atoms. The molecule has 0 saturated carbocycles. The second-order valence-electron chi connectivity index (χ2n) is 9.45. The van der Waals surface area contributed by atoms with Gasteiger partial charge >= 0.3 is 6.09 Å². The molecule has 0 aliphatic carbocycles. The fourth-order valence-corrected chi connectivity index (χ4v) is 4.45. The summed E-state index contributed by atoms with van der Waals surface area (Å²) in [7, 11) is 0. The number of rotatable bonds is 7. The van der Waals surface area contributed by atoms with Gasteiger partial charge in [-0.1, -0.05) is 36.4 Å². The first-order valence-corrected chi connectivity index (χ1v) is 11.4. The predicted octanol–water partition coefficient (Wildman–Crippen LogP) is 4.40. The maximum absolute atomic E-state index is 13.4. The van der Waals surface area contributed by atoms with E-state index in [1.165, 1.54) is 0 Å². The van der Waals surface area contributed by atoms with E-state index in [2.05, 4.69) is 6.58 Å². The molecule has 1 aromatic carbocycles. The number of ether oxygens (including phenoxy) is 2. The molecule has 2 saturated heterocycles. The van der Waals surface area contributed by atoms with Gasteiger partial charge in [-0.25, -0.2) is 4.79 Å². The monoisotopic (exact) mass is 428 g/mol. The summed E-state index contributed by atoms with van der Waals surface area (Å²) in [6, 6.07) is 9.69. The topological polar surface area (TPSA) is 59.1 Å². The minimum absolute atomic E-state index is 0.00521. The first-order chi connectivity index (χ1) is 14.8. The summed E-state index contributed by atoms with van der Waals surface area (Å²) in [4.78, 5) is 29.9. The zero-order valence-corrected chi connectivity index (χ0v) is 19.1. The Kier molecular flexibility index (Phi) is 7.76. The fourth-order valence-electron chi connectivity index (χ4n) is 4.45. The Hall–Kier alpha value is -2.34. The highest BCUT2D eigenvalue weighted by molar-refractivity contribution is 5.82. The summed E-state index contributed by atoms with van der Waals surface area (Å²) in [6.45, 7) is 12.1.